The third kappa shape index (κ3) is 2.84. The van der Waals surface area contributed by atoms with Crippen LogP contribution in [0.5, 0.6) is 0 Å². The lowest BCUT2D eigenvalue weighted by atomic mass is 10.2. The van der Waals surface area contributed by atoms with Crippen LogP contribution in [-0.4, -0.2) is 13.0 Å². The SMILES string of the molecule is Cc1cc(C)cc(S(=O)(=O)c2cn(C)c3cc(F)c(F)cc3c2=O)c1. The van der Waals surface area contributed by atoms with Crippen LogP contribution in [0.1, 0.15) is 11.1 Å². The second-order valence-electron chi connectivity index (χ2n) is 6.04. The van der Waals surface area contributed by atoms with Crippen LogP contribution in [0.15, 0.2) is 51.1 Å². The molecule has 4 nitrogen and oxygen atoms in total. The number of aryl methyl sites for hydroxylation is 3. The molecule has 130 valence electrons. The van der Waals surface area contributed by atoms with E-state index >= 15 is 0 Å². The summed E-state index contributed by atoms with van der Waals surface area (Å²) in [4.78, 5) is 12.2. The average molecular weight is 363 g/mol. The number of hydrogen-bond donors (Lipinski definition) is 0. The zero-order chi connectivity index (χ0) is 18.5. The zero-order valence-corrected chi connectivity index (χ0v) is 14.6. The highest BCUT2D eigenvalue weighted by Gasteiger charge is 2.24. The molecule has 0 aliphatic heterocycles. The Kier molecular flexibility index (Phi) is 3.99. The molecule has 25 heavy (non-hydrogen) atoms. The van der Waals surface area contributed by atoms with Crippen LogP contribution in [0.25, 0.3) is 10.9 Å². The van der Waals surface area contributed by atoms with Crippen molar-refractivity contribution < 1.29 is 17.2 Å². The lowest BCUT2D eigenvalue weighted by Crippen LogP contribution is -2.19. The molecule has 0 aliphatic rings. The minimum Gasteiger partial charge on any atom is -0.349 e. The Labute approximate surface area is 143 Å². The van der Waals surface area contributed by atoms with E-state index < -0.39 is 31.8 Å². The van der Waals surface area contributed by atoms with Gasteiger partial charge in [0.15, 0.2) is 11.6 Å². The van der Waals surface area contributed by atoms with Crippen LogP contribution in [0.4, 0.5) is 8.78 Å². The number of rotatable bonds is 2. The Hall–Kier alpha value is -2.54. The molecule has 0 N–H and O–H groups in total. The van der Waals surface area contributed by atoms with Crippen molar-refractivity contribution in [1.29, 1.82) is 0 Å². The van der Waals surface area contributed by atoms with Gasteiger partial charge in [-0.15, -0.1) is 0 Å². The maximum Gasteiger partial charge on any atom is 0.211 e. The first-order valence-electron chi connectivity index (χ1n) is 7.43. The summed E-state index contributed by atoms with van der Waals surface area (Å²) in [5.41, 5.74) is 0.739. The fourth-order valence-electron chi connectivity index (χ4n) is 2.85. The molecule has 1 aromatic heterocycles. The number of nitrogens with zero attached hydrogens (tertiary/aromatic N) is 1. The predicted octanol–water partition coefficient (Wildman–Crippen LogP) is 3.27. The number of benzene rings is 2. The molecular weight excluding hydrogens is 348 g/mol. The highest BCUT2D eigenvalue weighted by molar-refractivity contribution is 7.91. The normalized spacial score (nSPS) is 11.9. The molecular formula is C18H15F2NO3S. The van der Waals surface area contributed by atoms with Gasteiger partial charge in [-0.25, -0.2) is 17.2 Å². The van der Waals surface area contributed by atoms with Gasteiger partial charge < -0.3 is 4.57 Å². The van der Waals surface area contributed by atoms with Gasteiger partial charge in [0.25, 0.3) is 0 Å². The molecule has 0 unspecified atom stereocenters. The maximum atomic E-state index is 13.5. The van der Waals surface area contributed by atoms with E-state index in [-0.39, 0.29) is 15.8 Å². The Morgan fingerprint density at radius 1 is 0.920 bits per heavy atom. The van der Waals surface area contributed by atoms with Crippen molar-refractivity contribution in [3.8, 4) is 0 Å². The Morgan fingerprint density at radius 2 is 1.48 bits per heavy atom. The molecule has 2 aromatic carbocycles. The molecule has 0 amide bonds. The first-order chi connectivity index (χ1) is 11.6. The molecule has 0 aliphatic carbocycles. The van der Waals surface area contributed by atoms with Crippen LogP contribution < -0.4 is 5.43 Å². The summed E-state index contributed by atoms with van der Waals surface area (Å²) >= 11 is 0. The summed E-state index contributed by atoms with van der Waals surface area (Å²) in [6.07, 6.45) is 1.13. The van der Waals surface area contributed by atoms with Crippen molar-refractivity contribution in [3.63, 3.8) is 0 Å². The summed E-state index contributed by atoms with van der Waals surface area (Å²) in [6, 6.07) is 6.36. The minimum atomic E-state index is -4.10. The summed E-state index contributed by atoms with van der Waals surface area (Å²) in [5.74, 6) is -2.31. The van der Waals surface area contributed by atoms with Crippen molar-refractivity contribution in [2.24, 2.45) is 7.05 Å². The first kappa shape index (κ1) is 17.3. The van der Waals surface area contributed by atoms with Gasteiger partial charge in [0.2, 0.25) is 15.3 Å². The second kappa shape index (κ2) is 5.77. The molecule has 0 bridgehead atoms. The van der Waals surface area contributed by atoms with E-state index in [9.17, 15) is 22.0 Å². The highest BCUT2D eigenvalue weighted by atomic mass is 32.2. The van der Waals surface area contributed by atoms with E-state index in [0.29, 0.717) is 0 Å². The number of sulfone groups is 1. The quantitative estimate of drug-likeness (QED) is 0.702. The van der Waals surface area contributed by atoms with Crippen molar-refractivity contribution in [3.05, 3.63) is 69.5 Å². The molecule has 1 heterocycles. The van der Waals surface area contributed by atoms with Crippen molar-refractivity contribution in [2.45, 2.75) is 23.6 Å². The lowest BCUT2D eigenvalue weighted by Gasteiger charge is -2.11. The fraction of sp³-hybridized carbons (Fsp3) is 0.167. The number of aromatic nitrogens is 1. The van der Waals surface area contributed by atoms with Crippen LogP contribution in [0, 0.1) is 25.5 Å². The molecule has 7 heteroatoms. The number of pyridine rings is 1. The molecule has 3 rings (SSSR count). The fourth-order valence-corrected chi connectivity index (χ4v) is 4.44. The highest BCUT2D eigenvalue weighted by Crippen LogP contribution is 2.23. The Morgan fingerprint density at radius 3 is 2.08 bits per heavy atom. The summed E-state index contributed by atoms with van der Waals surface area (Å²) in [7, 11) is -2.63. The minimum absolute atomic E-state index is 0.0102. The molecule has 3 aromatic rings. The van der Waals surface area contributed by atoms with Crippen LogP contribution in [0.3, 0.4) is 0 Å². The molecule has 0 atom stereocenters. The smallest absolute Gasteiger partial charge is 0.211 e. The maximum absolute atomic E-state index is 13.5. The van der Waals surface area contributed by atoms with Crippen LogP contribution in [-0.2, 0) is 16.9 Å². The van der Waals surface area contributed by atoms with Gasteiger partial charge >= 0.3 is 0 Å². The number of hydrogen-bond acceptors (Lipinski definition) is 3. The van der Waals surface area contributed by atoms with E-state index in [1.165, 1.54) is 23.7 Å². The number of halogens is 2. The van der Waals surface area contributed by atoms with Crippen LogP contribution in [0.2, 0.25) is 0 Å². The van der Waals surface area contributed by atoms with E-state index in [0.717, 1.165) is 29.5 Å². The van der Waals surface area contributed by atoms with E-state index in [2.05, 4.69) is 0 Å². The lowest BCUT2D eigenvalue weighted by molar-refractivity contribution is 0.510. The Balaban J connectivity index is 2.37. The molecule has 0 saturated heterocycles. The van der Waals surface area contributed by atoms with Crippen molar-refractivity contribution in [2.75, 3.05) is 0 Å². The first-order valence-corrected chi connectivity index (χ1v) is 8.91. The predicted molar refractivity (Wildman–Crippen MR) is 90.5 cm³/mol. The number of fused-ring (bicyclic) bond motifs is 1. The topological polar surface area (TPSA) is 56.1 Å². The van der Waals surface area contributed by atoms with Gasteiger partial charge in [0.05, 0.1) is 15.8 Å². The van der Waals surface area contributed by atoms with Gasteiger partial charge in [0, 0.05) is 19.3 Å². The van der Waals surface area contributed by atoms with Gasteiger partial charge in [-0.2, -0.15) is 0 Å². The third-order valence-electron chi connectivity index (χ3n) is 3.99. The molecule has 0 radical (unpaired) electrons. The van der Waals surface area contributed by atoms with E-state index in [4.69, 9.17) is 0 Å². The van der Waals surface area contributed by atoms with Crippen molar-refractivity contribution in [1.82, 2.24) is 4.57 Å². The summed E-state index contributed by atoms with van der Waals surface area (Å²) in [6.45, 7) is 3.51. The average Bonchev–Trinajstić information content (AvgIpc) is 2.51. The summed E-state index contributed by atoms with van der Waals surface area (Å²) in [5, 5.41) is -0.188. The van der Waals surface area contributed by atoms with Crippen molar-refractivity contribution >= 4 is 20.7 Å². The van der Waals surface area contributed by atoms with Gasteiger partial charge in [-0.1, -0.05) is 6.07 Å². The van der Waals surface area contributed by atoms with Crippen LogP contribution >= 0.6 is 0 Å². The second-order valence-corrected chi connectivity index (χ2v) is 7.96. The monoisotopic (exact) mass is 363 g/mol. The molecule has 0 saturated carbocycles. The Bertz CT molecular complexity index is 1160. The van der Waals surface area contributed by atoms with Gasteiger partial charge in [-0.3, -0.25) is 4.79 Å². The largest absolute Gasteiger partial charge is 0.349 e. The molecule has 0 spiro atoms. The van der Waals surface area contributed by atoms with Gasteiger partial charge in [-0.05, 0) is 43.2 Å². The standard InChI is InChI=1S/C18H15F2NO3S/c1-10-4-11(2)6-12(5-10)25(23,24)17-9-21(3)16-8-15(20)14(19)7-13(16)18(17)22/h4-9H,1-3H3. The molecule has 0 fully saturated rings. The van der Waals surface area contributed by atoms with E-state index in [1.807, 2.05) is 6.07 Å². The van der Waals surface area contributed by atoms with E-state index in [1.54, 1.807) is 13.8 Å². The zero-order valence-electron chi connectivity index (χ0n) is 13.8. The van der Waals surface area contributed by atoms with Gasteiger partial charge in [0.1, 0.15) is 4.90 Å². The summed E-state index contributed by atoms with van der Waals surface area (Å²) < 4.78 is 54.1. The third-order valence-corrected chi connectivity index (χ3v) is 5.72.